The second-order valence-electron chi connectivity index (χ2n) is 4.78. The average Bonchev–Trinajstić information content (AvgIpc) is 2.20. The quantitative estimate of drug-likeness (QED) is 0.764. The predicted octanol–water partition coefficient (Wildman–Crippen LogP) is 3.84. The Balaban J connectivity index is 2.59. The van der Waals surface area contributed by atoms with Gasteiger partial charge in [-0.3, -0.25) is 0 Å². The number of aryl methyl sites for hydroxylation is 2. The Morgan fingerprint density at radius 3 is 2.59 bits per heavy atom. The van der Waals surface area contributed by atoms with Crippen molar-refractivity contribution in [2.75, 3.05) is 6.54 Å². The Hall–Kier alpha value is -1.15. The molecule has 1 aromatic rings. The summed E-state index contributed by atoms with van der Waals surface area (Å²) >= 11 is 0. The van der Waals surface area contributed by atoms with Crippen molar-refractivity contribution in [1.82, 2.24) is 5.32 Å². The zero-order chi connectivity index (χ0) is 12.8. The number of rotatable bonds is 5. The summed E-state index contributed by atoms with van der Waals surface area (Å²) in [5.41, 5.74) is 2.68. The topological polar surface area (TPSA) is 12.0 Å². The summed E-state index contributed by atoms with van der Waals surface area (Å²) in [5, 5.41) is 3.33. The van der Waals surface area contributed by atoms with E-state index in [1.165, 1.54) is 0 Å². The molecule has 1 N–H and O–H groups in total. The molecule has 0 fully saturated rings. The lowest BCUT2D eigenvalue weighted by molar-refractivity contribution is 0.595. The lowest BCUT2D eigenvalue weighted by Gasteiger charge is -2.06. The molecule has 0 heterocycles. The van der Waals surface area contributed by atoms with E-state index in [1.54, 1.807) is 6.07 Å². The van der Waals surface area contributed by atoms with E-state index in [0.717, 1.165) is 24.1 Å². The highest BCUT2D eigenvalue weighted by Gasteiger charge is 2.02. The van der Waals surface area contributed by atoms with Crippen molar-refractivity contribution in [1.29, 1.82) is 0 Å². The van der Waals surface area contributed by atoms with Crippen molar-refractivity contribution in [3.8, 4) is 0 Å². The monoisotopic (exact) mass is 235 g/mol. The molecule has 94 valence electrons. The molecule has 0 aliphatic carbocycles. The Bertz CT molecular complexity index is 371. The second kappa shape index (κ2) is 6.55. The van der Waals surface area contributed by atoms with Crippen LogP contribution in [0.4, 0.5) is 4.39 Å². The Morgan fingerprint density at radius 2 is 2.00 bits per heavy atom. The smallest absolute Gasteiger partial charge is 0.130 e. The maximum Gasteiger partial charge on any atom is 0.130 e. The summed E-state index contributed by atoms with van der Waals surface area (Å²) in [6.45, 7) is 9.03. The van der Waals surface area contributed by atoms with Crippen LogP contribution in [0.1, 0.15) is 37.0 Å². The SMILES string of the molecule is Cc1cc(C)c(/C=C/CCNC(C)C)c(F)c1. The molecule has 0 saturated heterocycles. The van der Waals surface area contributed by atoms with E-state index in [1.807, 2.05) is 32.1 Å². The van der Waals surface area contributed by atoms with Gasteiger partial charge in [-0.1, -0.05) is 32.1 Å². The van der Waals surface area contributed by atoms with Gasteiger partial charge in [0.2, 0.25) is 0 Å². The molecular formula is C15H22FN. The highest BCUT2D eigenvalue weighted by molar-refractivity contribution is 5.55. The lowest BCUT2D eigenvalue weighted by Crippen LogP contribution is -2.23. The molecule has 0 spiro atoms. The van der Waals surface area contributed by atoms with E-state index >= 15 is 0 Å². The van der Waals surface area contributed by atoms with Gasteiger partial charge in [0.15, 0.2) is 0 Å². The van der Waals surface area contributed by atoms with E-state index < -0.39 is 0 Å². The number of hydrogen-bond acceptors (Lipinski definition) is 1. The van der Waals surface area contributed by atoms with Crippen LogP contribution in [0.25, 0.3) is 6.08 Å². The third-order valence-electron chi connectivity index (χ3n) is 2.63. The number of nitrogens with one attached hydrogen (secondary N) is 1. The van der Waals surface area contributed by atoms with Crippen LogP contribution in [0.3, 0.4) is 0 Å². The molecule has 1 aromatic carbocycles. The van der Waals surface area contributed by atoms with E-state index in [4.69, 9.17) is 0 Å². The standard InChI is InChI=1S/C15H22FN/c1-11(2)17-8-6-5-7-14-13(4)9-12(3)10-15(14)16/h5,7,9-11,17H,6,8H2,1-4H3/b7-5+. The first-order valence-corrected chi connectivity index (χ1v) is 6.17. The van der Waals surface area contributed by atoms with Crippen molar-refractivity contribution < 1.29 is 4.39 Å². The van der Waals surface area contributed by atoms with Crippen molar-refractivity contribution in [3.05, 3.63) is 40.7 Å². The van der Waals surface area contributed by atoms with Crippen LogP contribution in [0.2, 0.25) is 0 Å². The van der Waals surface area contributed by atoms with Gasteiger partial charge in [-0.2, -0.15) is 0 Å². The fourth-order valence-electron chi connectivity index (χ4n) is 1.79. The maximum absolute atomic E-state index is 13.7. The fraction of sp³-hybridized carbons (Fsp3) is 0.467. The maximum atomic E-state index is 13.7. The molecule has 0 bridgehead atoms. The van der Waals surface area contributed by atoms with Crippen LogP contribution in [-0.4, -0.2) is 12.6 Å². The first kappa shape index (κ1) is 13.9. The average molecular weight is 235 g/mol. The van der Waals surface area contributed by atoms with Crippen LogP contribution in [0, 0.1) is 19.7 Å². The van der Waals surface area contributed by atoms with Crippen molar-refractivity contribution in [2.45, 2.75) is 40.2 Å². The molecule has 2 heteroatoms. The highest BCUT2D eigenvalue weighted by atomic mass is 19.1. The molecule has 0 aliphatic heterocycles. The molecule has 17 heavy (non-hydrogen) atoms. The van der Waals surface area contributed by atoms with Gasteiger partial charge in [0.05, 0.1) is 0 Å². The van der Waals surface area contributed by atoms with Gasteiger partial charge < -0.3 is 5.32 Å². The first-order valence-electron chi connectivity index (χ1n) is 6.17. The zero-order valence-electron chi connectivity index (χ0n) is 11.2. The zero-order valence-corrected chi connectivity index (χ0v) is 11.2. The molecule has 1 rings (SSSR count). The van der Waals surface area contributed by atoms with Gasteiger partial charge in [-0.15, -0.1) is 0 Å². The van der Waals surface area contributed by atoms with Crippen LogP contribution in [0.15, 0.2) is 18.2 Å². The van der Waals surface area contributed by atoms with E-state index in [9.17, 15) is 4.39 Å². The third-order valence-corrected chi connectivity index (χ3v) is 2.63. The molecule has 1 nitrogen and oxygen atoms in total. The molecule has 0 atom stereocenters. The summed E-state index contributed by atoms with van der Waals surface area (Å²) in [4.78, 5) is 0. The van der Waals surface area contributed by atoms with Gasteiger partial charge in [0, 0.05) is 11.6 Å². The summed E-state index contributed by atoms with van der Waals surface area (Å²) < 4.78 is 13.7. The van der Waals surface area contributed by atoms with Gasteiger partial charge >= 0.3 is 0 Å². The number of halogens is 1. The molecule has 0 saturated carbocycles. The minimum absolute atomic E-state index is 0.129. The minimum Gasteiger partial charge on any atom is -0.314 e. The normalized spacial score (nSPS) is 11.6. The van der Waals surface area contributed by atoms with Gasteiger partial charge in [-0.25, -0.2) is 4.39 Å². The van der Waals surface area contributed by atoms with Crippen molar-refractivity contribution in [3.63, 3.8) is 0 Å². The summed E-state index contributed by atoms with van der Waals surface area (Å²) in [6, 6.07) is 4.09. The van der Waals surface area contributed by atoms with Crippen LogP contribution in [0.5, 0.6) is 0 Å². The van der Waals surface area contributed by atoms with E-state index in [2.05, 4.69) is 19.2 Å². The Kier molecular flexibility index (Phi) is 5.36. The molecular weight excluding hydrogens is 213 g/mol. The fourth-order valence-corrected chi connectivity index (χ4v) is 1.79. The van der Waals surface area contributed by atoms with Gasteiger partial charge in [-0.05, 0) is 44.0 Å². The molecule has 0 amide bonds. The molecule has 0 unspecified atom stereocenters. The number of benzene rings is 1. The van der Waals surface area contributed by atoms with Crippen molar-refractivity contribution in [2.24, 2.45) is 0 Å². The molecule has 0 radical (unpaired) electrons. The third kappa shape index (κ3) is 4.70. The van der Waals surface area contributed by atoms with Crippen LogP contribution < -0.4 is 5.32 Å². The first-order chi connectivity index (χ1) is 8.00. The molecule has 0 aromatic heterocycles. The number of hydrogen-bond donors (Lipinski definition) is 1. The van der Waals surface area contributed by atoms with Crippen LogP contribution >= 0.6 is 0 Å². The van der Waals surface area contributed by atoms with Gasteiger partial charge in [0.25, 0.3) is 0 Å². The lowest BCUT2D eigenvalue weighted by atomic mass is 10.0. The minimum atomic E-state index is -0.129. The summed E-state index contributed by atoms with van der Waals surface area (Å²) in [6.07, 6.45) is 4.83. The Morgan fingerprint density at radius 1 is 1.29 bits per heavy atom. The van der Waals surface area contributed by atoms with Gasteiger partial charge in [0.1, 0.15) is 5.82 Å². The predicted molar refractivity (Wildman–Crippen MR) is 72.7 cm³/mol. The summed E-state index contributed by atoms with van der Waals surface area (Å²) in [5.74, 6) is -0.129. The highest BCUT2D eigenvalue weighted by Crippen LogP contribution is 2.17. The van der Waals surface area contributed by atoms with Crippen molar-refractivity contribution >= 4 is 6.08 Å². The largest absolute Gasteiger partial charge is 0.314 e. The van der Waals surface area contributed by atoms with E-state index in [0.29, 0.717) is 11.6 Å². The Labute approximate surface area is 104 Å². The second-order valence-corrected chi connectivity index (χ2v) is 4.78. The van der Waals surface area contributed by atoms with E-state index in [-0.39, 0.29) is 5.82 Å². The summed E-state index contributed by atoms with van der Waals surface area (Å²) in [7, 11) is 0. The van der Waals surface area contributed by atoms with Crippen LogP contribution in [-0.2, 0) is 0 Å². The molecule has 0 aliphatic rings.